The Morgan fingerprint density at radius 3 is 2.24 bits per heavy atom. The minimum absolute atomic E-state index is 0.338. The zero-order valence-corrected chi connectivity index (χ0v) is 15.2. The maximum absolute atomic E-state index is 12.4. The molecule has 0 aliphatic heterocycles. The van der Waals surface area contributed by atoms with Crippen LogP contribution in [0.5, 0.6) is 0 Å². The van der Waals surface area contributed by atoms with Gasteiger partial charge in [-0.25, -0.2) is 4.79 Å². The molecule has 7 nitrogen and oxygen atoms in total. The summed E-state index contributed by atoms with van der Waals surface area (Å²) in [5, 5.41) is 24.9. The Morgan fingerprint density at radius 1 is 1.16 bits per heavy atom. The molecule has 1 unspecified atom stereocenters. The van der Waals surface area contributed by atoms with E-state index in [4.69, 9.17) is 4.74 Å². The molecule has 0 saturated carbocycles. The highest BCUT2D eigenvalue weighted by molar-refractivity contribution is 5.85. The summed E-state index contributed by atoms with van der Waals surface area (Å²) < 4.78 is 5.14. The molecule has 0 saturated heterocycles. The predicted octanol–water partition coefficient (Wildman–Crippen LogP) is 1.50. The van der Waals surface area contributed by atoms with Crippen molar-refractivity contribution in [2.75, 3.05) is 6.61 Å². The summed E-state index contributed by atoms with van der Waals surface area (Å²) in [5.74, 6) is -0.498. The van der Waals surface area contributed by atoms with Gasteiger partial charge in [0.05, 0.1) is 12.6 Å². The van der Waals surface area contributed by atoms with Gasteiger partial charge in [-0.2, -0.15) is 0 Å². The van der Waals surface area contributed by atoms with Crippen molar-refractivity contribution >= 4 is 12.0 Å². The normalized spacial score (nSPS) is 15.0. The highest BCUT2D eigenvalue weighted by Gasteiger charge is 2.27. The Balaban J connectivity index is 2.70. The summed E-state index contributed by atoms with van der Waals surface area (Å²) in [4.78, 5) is 24.2. The molecular formula is C18H28N2O5. The first-order chi connectivity index (χ1) is 11.7. The molecule has 0 fully saturated rings. The van der Waals surface area contributed by atoms with Crippen LogP contribution in [0, 0.1) is 0 Å². The molecule has 0 spiro atoms. The molecule has 1 aromatic rings. The van der Waals surface area contributed by atoms with Crippen molar-refractivity contribution < 1.29 is 24.5 Å². The molecule has 1 aromatic carbocycles. The van der Waals surface area contributed by atoms with Crippen LogP contribution >= 0.6 is 0 Å². The van der Waals surface area contributed by atoms with Gasteiger partial charge in [-0.15, -0.1) is 0 Å². The van der Waals surface area contributed by atoms with E-state index in [-0.39, 0.29) is 0 Å². The molecular weight excluding hydrogens is 324 g/mol. The second-order valence-electron chi connectivity index (χ2n) is 6.76. The number of nitrogens with one attached hydrogen (secondary N) is 2. The lowest BCUT2D eigenvalue weighted by Crippen LogP contribution is -2.52. The molecule has 0 heterocycles. The molecule has 2 amide bonds. The maximum Gasteiger partial charge on any atom is 0.408 e. The third kappa shape index (κ3) is 7.11. The Morgan fingerprint density at radius 2 is 1.76 bits per heavy atom. The van der Waals surface area contributed by atoms with Crippen molar-refractivity contribution in [3.8, 4) is 0 Å². The maximum atomic E-state index is 12.4. The average molecular weight is 352 g/mol. The largest absolute Gasteiger partial charge is 0.444 e. The van der Waals surface area contributed by atoms with Gasteiger partial charge in [-0.05, 0) is 32.8 Å². The van der Waals surface area contributed by atoms with Crippen LogP contribution in [0.3, 0.4) is 0 Å². The molecule has 140 valence electrons. The smallest absolute Gasteiger partial charge is 0.408 e. The summed E-state index contributed by atoms with van der Waals surface area (Å²) in [6.07, 6.45) is -1.42. The van der Waals surface area contributed by atoms with E-state index in [2.05, 4.69) is 10.6 Å². The van der Waals surface area contributed by atoms with Crippen LogP contribution in [-0.4, -0.2) is 46.5 Å². The van der Waals surface area contributed by atoms with Gasteiger partial charge in [-0.3, -0.25) is 4.79 Å². The first kappa shape index (κ1) is 20.9. The third-order valence-corrected chi connectivity index (χ3v) is 3.46. The first-order valence-electron chi connectivity index (χ1n) is 8.31. The number of carbonyl (C=O) groups is 2. The van der Waals surface area contributed by atoms with E-state index in [1.807, 2.05) is 0 Å². The van der Waals surface area contributed by atoms with E-state index in [0.717, 1.165) is 0 Å². The molecule has 3 atom stereocenters. The topological polar surface area (TPSA) is 108 Å². The minimum Gasteiger partial charge on any atom is -0.444 e. The zero-order valence-electron chi connectivity index (χ0n) is 15.2. The van der Waals surface area contributed by atoms with Crippen LogP contribution in [0.1, 0.15) is 45.8 Å². The van der Waals surface area contributed by atoms with Gasteiger partial charge < -0.3 is 25.6 Å². The molecule has 4 N–H and O–H groups in total. The molecule has 0 aliphatic rings. The summed E-state index contributed by atoms with van der Waals surface area (Å²) in [6, 6.07) is 7.02. The number of ether oxygens (including phenoxy) is 1. The number of carbonyl (C=O) groups excluding carboxylic acids is 2. The molecule has 0 aliphatic carbocycles. The standard InChI is InChI=1S/C18H28N2O5/c1-5-13(20-17(24)25-18(2,3)4)16(23)19-14(11-21)15(22)12-9-7-6-8-10-12/h6-10,13-15,21-22H,5,11H2,1-4H3,(H,19,23)(H,20,24)/t13?,14-,15-/m1/s1. The molecule has 7 heteroatoms. The number of amides is 2. The third-order valence-electron chi connectivity index (χ3n) is 3.46. The van der Waals surface area contributed by atoms with E-state index in [1.54, 1.807) is 58.0 Å². The average Bonchev–Trinajstić information content (AvgIpc) is 2.55. The van der Waals surface area contributed by atoms with Gasteiger partial charge in [-0.1, -0.05) is 37.3 Å². The number of benzene rings is 1. The lowest BCUT2D eigenvalue weighted by atomic mass is 10.0. The van der Waals surface area contributed by atoms with E-state index < -0.39 is 42.4 Å². The number of hydrogen-bond acceptors (Lipinski definition) is 5. The molecule has 1 rings (SSSR count). The number of aliphatic hydroxyl groups is 2. The van der Waals surface area contributed by atoms with Crippen molar-refractivity contribution in [1.29, 1.82) is 0 Å². The van der Waals surface area contributed by atoms with Crippen molar-refractivity contribution in [3.05, 3.63) is 35.9 Å². The lowest BCUT2D eigenvalue weighted by Gasteiger charge is -2.26. The zero-order chi connectivity index (χ0) is 19.0. The molecule has 0 aromatic heterocycles. The predicted molar refractivity (Wildman–Crippen MR) is 93.9 cm³/mol. The lowest BCUT2D eigenvalue weighted by molar-refractivity contribution is -0.125. The number of alkyl carbamates (subject to hydrolysis) is 1. The fourth-order valence-electron chi connectivity index (χ4n) is 2.19. The second-order valence-corrected chi connectivity index (χ2v) is 6.76. The molecule has 0 radical (unpaired) electrons. The van der Waals surface area contributed by atoms with Gasteiger partial charge in [0.2, 0.25) is 5.91 Å². The Bertz CT molecular complexity index is 556. The fraction of sp³-hybridized carbons (Fsp3) is 0.556. The summed E-state index contributed by atoms with van der Waals surface area (Å²) >= 11 is 0. The second kappa shape index (κ2) is 9.39. The Kier molecular flexibility index (Phi) is 7.86. The van der Waals surface area contributed by atoms with Crippen LogP contribution in [0.15, 0.2) is 30.3 Å². The fourth-order valence-corrected chi connectivity index (χ4v) is 2.19. The van der Waals surface area contributed by atoms with Crippen molar-refractivity contribution in [3.63, 3.8) is 0 Å². The highest BCUT2D eigenvalue weighted by atomic mass is 16.6. The summed E-state index contributed by atoms with van der Waals surface area (Å²) in [6.45, 7) is 6.48. The van der Waals surface area contributed by atoms with Crippen LogP contribution in [0.2, 0.25) is 0 Å². The van der Waals surface area contributed by atoms with Gasteiger partial charge in [0.15, 0.2) is 0 Å². The van der Waals surface area contributed by atoms with Crippen molar-refractivity contribution in [2.45, 2.75) is 57.9 Å². The Labute approximate surface area is 148 Å². The van der Waals surface area contributed by atoms with Gasteiger partial charge >= 0.3 is 6.09 Å². The number of hydrogen-bond donors (Lipinski definition) is 4. The van der Waals surface area contributed by atoms with Crippen LogP contribution in [-0.2, 0) is 9.53 Å². The minimum atomic E-state index is -1.06. The van der Waals surface area contributed by atoms with Gasteiger partial charge in [0.25, 0.3) is 0 Å². The van der Waals surface area contributed by atoms with E-state index >= 15 is 0 Å². The quantitative estimate of drug-likeness (QED) is 0.595. The first-order valence-corrected chi connectivity index (χ1v) is 8.31. The van der Waals surface area contributed by atoms with Crippen LogP contribution in [0.4, 0.5) is 4.79 Å². The summed E-state index contributed by atoms with van der Waals surface area (Å²) in [5.41, 5.74) is -0.0919. The van der Waals surface area contributed by atoms with Crippen molar-refractivity contribution in [2.24, 2.45) is 0 Å². The Hall–Kier alpha value is -2.12. The molecule has 25 heavy (non-hydrogen) atoms. The van der Waals surface area contributed by atoms with Crippen LogP contribution < -0.4 is 10.6 Å². The number of rotatable bonds is 7. The van der Waals surface area contributed by atoms with Crippen LogP contribution in [0.25, 0.3) is 0 Å². The van der Waals surface area contributed by atoms with E-state index in [9.17, 15) is 19.8 Å². The SMILES string of the molecule is CCC(NC(=O)OC(C)(C)C)C(=O)N[C@H](CO)[C@H](O)c1ccccc1. The highest BCUT2D eigenvalue weighted by Crippen LogP contribution is 2.16. The number of aliphatic hydroxyl groups excluding tert-OH is 2. The summed E-state index contributed by atoms with van der Waals surface area (Å²) in [7, 11) is 0. The molecule has 0 bridgehead atoms. The van der Waals surface area contributed by atoms with Gasteiger partial charge in [0.1, 0.15) is 17.7 Å². The van der Waals surface area contributed by atoms with E-state index in [1.165, 1.54) is 0 Å². The van der Waals surface area contributed by atoms with Gasteiger partial charge in [0, 0.05) is 0 Å². The van der Waals surface area contributed by atoms with Crippen molar-refractivity contribution in [1.82, 2.24) is 10.6 Å². The monoisotopic (exact) mass is 352 g/mol. The van der Waals surface area contributed by atoms with E-state index in [0.29, 0.717) is 12.0 Å².